The first-order chi connectivity index (χ1) is 32.7. The number of hydrogen-bond acceptors (Lipinski definition) is 10. The molecule has 1 aliphatic rings. The molecular weight excluding hydrogens is 847 g/mol. The molecule has 7 unspecified atom stereocenters. The fourth-order valence-electron chi connectivity index (χ4n) is 8.24. The Kier molecular flexibility index (Phi) is 43.0. The third-order valence-corrected chi connectivity index (χ3v) is 12.7. The second-order valence-corrected chi connectivity index (χ2v) is 19.0. The molecule has 0 aromatic heterocycles. The maximum Gasteiger partial charge on any atom is 0.305 e. The van der Waals surface area contributed by atoms with E-state index in [9.17, 15) is 35.1 Å². The van der Waals surface area contributed by atoms with Gasteiger partial charge in [-0.3, -0.25) is 9.59 Å². The van der Waals surface area contributed by atoms with Crippen molar-refractivity contribution in [2.24, 2.45) is 0 Å². The average Bonchev–Trinajstić information content (AvgIpc) is 3.32. The maximum absolute atomic E-state index is 13.0. The summed E-state index contributed by atoms with van der Waals surface area (Å²) >= 11 is 0. The molecule has 0 saturated carbocycles. The van der Waals surface area contributed by atoms with Crippen LogP contribution in [-0.2, 0) is 23.8 Å². The van der Waals surface area contributed by atoms with Crippen LogP contribution in [0.3, 0.4) is 0 Å². The highest BCUT2D eigenvalue weighted by Gasteiger charge is 2.44. The SMILES string of the molecule is CCCCC/C=C\CCCCCCCC(=O)OCCCCC/C=C\C=C/CCCCCCCCC(=O)NC(COC1OC(CO)C(O)C(O)C1O)C(O)/C=C/CCCCCCCCCCCC. The molecule has 0 aliphatic carbocycles. The van der Waals surface area contributed by atoms with E-state index in [0.29, 0.717) is 19.4 Å². The summed E-state index contributed by atoms with van der Waals surface area (Å²) in [5.74, 6) is -0.258. The number of ether oxygens (including phenoxy) is 3. The van der Waals surface area contributed by atoms with Gasteiger partial charge in [0.15, 0.2) is 6.29 Å². The first-order valence-corrected chi connectivity index (χ1v) is 27.4. The molecule has 0 spiro atoms. The van der Waals surface area contributed by atoms with Crippen molar-refractivity contribution in [3.63, 3.8) is 0 Å². The van der Waals surface area contributed by atoms with Crippen molar-refractivity contribution in [3.8, 4) is 0 Å². The third-order valence-electron chi connectivity index (χ3n) is 12.7. The number of aliphatic hydroxyl groups excluding tert-OH is 5. The van der Waals surface area contributed by atoms with Crippen molar-refractivity contribution < 1.29 is 49.3 Å². The van der Waals surface area contributed by atoms with Gasteiger partial charge in [-0.05, 0) is 89.9 Å². The Balaban J connectivity index is 2.19. The van der Waals surface area contributed by atoms with E-state index in [1.54, 1.807) is 6.08 Å². The minimum atomic E-state index is -1.58. The zero-order valence-electron chi connectivity index (χ0n) is 42.6. The maximum atomic E-state index is 13.0. The van der Waals surface area contributed by atoms with Crippen molar-refractivity contribution in [3.05, 3.63) is 48.6 Å². The molecule has 0 radical (unpaired) electrons. The molecule has 1 aliphatic heterocycles. The number of rotatable bonds is 46. The van der Waals surface area contributed by atoms with Gasteiger partial charge in [-0.2, -0.15) is 0 Å². The number of carbonyl (C=O) groups excluding carboxylic acids is 2. The minimum Gasteiger partial charge on any atom is -0.466 e. The molecule has 67 heavy (non-hydrogen) atoms. The van der Waals surface area contributed by atoms with Crippen LogP contribution >= 0.6 is 0 Å². The van der Waals surface area contributed by atoms with Crippen LogP contribution in [0.4, 0.5) is 0 Å². The summed E-state index contributed by atoms with van der Waals surface area (Å²) in [6.45, 7) is 4.22. The molecule has 11 nitrogen and oxygen atoms in total. The van der Waals surface area contributed by atoms with Crippen LogP contribution in [0.25, 0.3) is 0 Å². The van der Waals surface area contributed by atoms with Crippen molar-refractivity contribution in [1.29, 1.82) is 0 Å². The quantitative estimate of drug-likeness (QED) is 0.0149. The van der Waals surface area contributed by atoms with Crippen molar-refractivity contribution in [1.82, 2.24) is 5.32 Å². The molecule has 6 N–H and O–H groups in total. The lowest BCUT2D eigenvalue weighted by molar-refractivity contribution is -0.302. The summed E-state index contributed by atoms with van der Waals surface area (Å²) in [5.41, 5.74) is 0. The predicted molar refractivity (Wildman–Crippen MR) is 274 cm³/mol. The van der Waals surface area contributed by atoms with E-state index in [2.05, 4.69) is 55.6 Å². The molecule has 1 fully saturated rings. The van der Waals surface area contributed by atoms with E-state index >= 15 is 0 Å². The van der Waals surface area contributed by atoms with Gasteiger partial charge in [0, 0.05) is 12.8 Å². The number of nitrogens with one attached hydrogen (secondary N) is 1. The Morgan fingerprint density at radius 2 is 1.00 bits per heavy atom. The Bertz CT molecular complexity index is 1250. The van der Waals surface area contributed by atoms with Gasteiger partial charge in [0.25, 0.3) is 0 Å². The van der Waals surface area contributed by atoms with Gasteiger partial charge >= 0.3 is 5.97 Å². The molecule has 0 aromatic rings. The second-order valence-electron chi connectivity index (χ2n) is 19.0. The molecule has 0 bridgehead atoms. The molecule has 1 heterocycles. The Morgan fingerprint density at radius 1 is 0.552 bits per heavy atom. The molecule has 1 amide bonds. The van der Waals surface area contributed by atoms with Crippen molar-refractivity contribution in [2.45, 2.75) is 275 Å². The number of hydrogen-bond donors (Lipinski definition) is 6. The highest BCUT2D eigenvalue weighted by Crippen LogP contribution is 2.23. The van der Waals surface area contributed by atoms with Gasteiger partial charge < -0.3 is 45.1 Å². The van der Waals surface area contributed by atoms with Crippen LogP contribution < -0.4 is 5.32 Å². The number of unbranched alkanes of at least 4 members (excludes halogenated alkanes) is 27. The molecule has 7 atom stereocenters. The van der Waals surface area contributed by atoms with Crippen LogP contribution in [-0.4, -0.2) is 100 Å². The normalized spacial score (nSPS) is 19.9. The topological polar surface area (TPSA) is 175 Å². The van der Waals surface area contributed by atoms with Crippen molar-refractivity contribution in [2.75, 3.05) is 19.8 Å². The Hall–Kier alpha value is -2.38. The summed E-state index contributed by atoms with van der Waals surface area (Å²) in [6, 6.07) is -0.827. The van der Waals surface area contributed by atoms with Crippen LogP contribution in [0, 0.1) is 0 Å². The molecular formula is C56H101NO10. The fourth-order valence-corrected chi connectivity index (χ4v) is 8.24. The van der Waals surface area contributed by atoms with Crippen LogP contribution in [0.2, 0.25) is 0 Å². The van der Waals surface area contributed by atoms with Gasteiger partial charge in [0.1, 0.15) is 24.4 Å². The summed E-state index contributed by atoms with van der Waals surface area (Å²) in [4.78, 5) is 25.0. The lowest BCUT2D eigenvalue weighted by Crippen LogP contribution is -2.60. The first-order valence-electron chi connectivity index (χ1n) is 27.4. The standard InChI is InChI=1S/C56H101NO10/c1-3-5-7-9-11-13-15-22-26-30-34-38-42-49(59)48(47-66-56-55(64)54(63)53(62)50(46-58)67-56)57-51(60)43-39-35-31-27-23-20-18-17-19-21-25-29-33-37-41-45-65-52(61)44-40-36-32-28-24-16-14-12-10-8-6-4-2/h12,14,17,19,21,25,38,42,48-50,53-56,58-59,62-64H,3-11,13,15-16,18,20,22-24,26-37,39-41,43-47H2,1-2H3,(H,57,60)/b14-12-,19-17-,25-21-,42-38+. The minimum absolute atomic E-state index is 0.0518. The third kappa shape index (κ3) is 36.3. The molecule has 1 saturated heterocycles. The van der Waals surface area contributed by atoms with Crippen LogP contribution in [0.1, 0.15) is 232 Å². The molecule has 0 aromatic carbocycles. The molecule has 1 rings (SSSR count). The van der Waals surface area contributed by atoms with E-state index in [-0.39, 0.29) is 18.5 Å². The highest BCUT2D eigenvalue weighted by molar-refractivity contribution is 5.76. The Labute approximate surface area is 408 Å². The zero-order chi connectivity index (χ0) is 48.8. The zero-order valence-corrected chi connectivity index (χ0v) is 42.6. The fraction of sp³-hybridized carbons (Fsp3) is 0.821. The van der Waals surface area contributed by atoms with E-state index in [1.807, 2.05) is 6.08 Å². The van der Waals surface area contributed by atoms with E-state index < -0.39 is 49.5 Å². The molecule has 11 heteroatoms. The van der Waals surface area contributed by atoms with E-state index in [1.165, 1.54) is 103 Å². The summed E-state index contributed by atoms with van der Waals surface area (Å²) in [5, 5.41) is 54.3. The van der Waals surface area contributed by atoms with E-state index in [0.717, 1.165) is 103 Å². The number of esters is 1. The number of carbonyl (C=O) groups is 2. The van der Waals surface area contributed by atoms with Crippen LogP contribution in [0.5, 0.6) is 0 Å². The van der Waals surface area contributed by atoms with Crippen LogP contribution in [0.15, 0.2) is 48.6 Å². The van der Waals surface area contributed by atoms with Crippen molar-refractivity contribution >= 4 is 11.9 Å². The largest absolute Gasteiger partial charge is 0.466 e. The monoisotopic (exact) mass is 948 g/mol. The summed E-state index contributed by atoms with van der Waals surface area (Å²) in [7, 11) is 0. The summed E-state index contributed by atoms with van der Waals surface area (Å²) in [6.07, 6.45) is 46.1. The first kappa shape index (κ1) is 62.6. The number of allylic oxidation sites excluding steroid dienone is 7. The lowest BCUT2D eigenvalue weighted by atomic mass is 9.99. The lowest BCUT2D eigenvalue weighted by Gasteiger charge is -2.40. The predicted octanol–water partition coefficient (Wildman–Crippen LogP) is 11.7. The van der Waals surface area contributed by atoms with E-state index in [4.69, 9.17) is 14.2 Å². The average molecular weight is 948 g/mol. The van der Waals surface area contributed by atoms with Gasteiger partial charge in [-0.1, -0.05) is 178 Å². The highest BCUT2D eigenvalue weighted by atomic mass is 16.7. The van der Waals surface area contributed by atoms with Gasteiger partial charge in [-0.25, -0.2) is 0 Å². The summed E-state index contributed by atoms with van der Waals surface area (Å²) < 4.78 is 16.6. The Morgan fingerprint density at radius 3 is 1.55 bits per heavy atom. The number of aliphatic hydroxyl groups is 5. The van der Waals surface area contributed by atoms with Gasteiger partial charge in [-0.15, -0.1) is 0 Å². The smallest absolute Gasteiger partial charge is 0.305 e. The van der Waals surface area contributed by atoms with Gasteiger partial charge in [0.2, 0.25) is 5.91 Å². The number of amides is 1. The van der Waals surface area contributed by atoms with Gasteiger partial charge in [0.05, 0.1) is 32.0 Å². The molecule has 390 valence electrons. The second kappa shape index (κ2) is 46.0.